The van der Waals surface area contributed by atoms with Crippen LogP contribution >= 0.6 is 0 Å². The van der Waals surface area contributed by atoms with E-state index < -0.39 is 0 Å². The fourth-order valence-electron chi connectivity index (χ4n) is 2.59. The Kier molecular flexibility index (Phi) is 4.55. The number of rotatable bonds is 5. The molecule has 0 saturated carbocycles. The molecule has 0 bridgehead atoms. The summed E-state index contributed by atoms with van der Waals surface area (Å²) in [6.07, 6.45) is 2.97. The van der Waals surface area contributed by atoms with E-state index in [0.29, 0.717) is 0 Å². The Morgan fingerprint density at radius 1 is 1.20 bits per heavy atom. The lowest BCUT2D eigenvalue weighted by atomic mass is 10.1. The van der Waals surface area contributed by atoms with Crippen molar-refractivity contribution >= 4 is 0 Å². The summed E-state index contributed by atoms with van der Waals surface area (Å²) in [6, 6.07) is 2.12. The van der Waals surface area contributed by atoms with Crippen LogP contribution in [0.1, 0.15) is 42.1 Å². The summed E-state index contributed by atoms with van der Waals surface area (Å²) in [5.74, 6) is 0. The van der Waals surface area contributed by atoms with Gasteiger partial charge < -0.3 is 5.32 Å². The lowest BCUT2D eigenvalue weighted by Gasteiger charge is -2.12. The number of hydrogen-bond acceptors (Lipinski definition) is 3. The molecule has 0 saturated heterocycles. The van der Waals surface area contributed by atoms with Gasteiger partial charge in [-0.15, -0.1) is 0 Å². The van der Waals surface area contributed by atoms with Crippen LogP contribution in [-0.2, 0) is 13.0 Å². The third-order valence-electron chi connectivity index (χ3n) is 3.69. The molecular weight excluding hydrogens is 248 g/mol. The lowest BCUT2D eigenvalue weighted by molar-refractivity contribution is 0.709. The van der Waals surface area contributed by atoms with Gasteiger partial charge >= 0.3 is 0 Å². The second kappa shape index (κ2) is 6.18. The predicted molar refractivity (Wildman–Crippen MR) is 82.3 cm³/mol. The zero-order chi connectivity index (χ0) is 14.7. The molecule has 0 radical (unpaired) electrons. The molecule has 2 rings (SSSR count). The minimum atomic E-state index is 0.818. The second-order valence-electron chi connectivity index (χ2n) is 5.15. The van der Waals surface area contributed by atoms with Gasteiger partial charge in [-0.25, -0.2) is 4.68 Å². The van der Waals surface area contributed by atoms with Gasteiger partial charge in [0, 0.05) is 29.7 Å². The highest BCUT2D eigenvalue weighted by Gasteiger charge is 2.14. The average Bonchev–Trinajstić information content (AvgIpc) is 2.72. The van der Waals surface area contributed by atoms with Crippen LogP contribution in [0.3, 0.4) is 0 Å². The zero-order valence-electron chi connectivity index (χ0n) is 13.1. The summed E-state index contributed by atoms with van der Waals surface area (Å²) in [7, 11) is 0. The van der Waals surface area contributed by atoms with Crippen molar-refractivity contribution < 1.29 is 0 Å². The molecule has 0 aliphatic rings. The van der Waals surface area contributed by atoms with E-state index in [-0.39, 0.29) is 0 Å². The first kappa shape index (κ1) is 14.7. The Bertz CT molecular complexity index is 599. The summed E-state index contributed by atoms with van der Waals surface area (Å²) in [5, 5.41) is 8.09. The highest BCUT2D eigenvalue weighted by molar-refractivity contribution is 5.43. The molecule has 0 spiro atoms. The van der Waals surface area contributed by atoms with E-state index in [9.17, 15) is 0 Å². The predicted octanol–water partition coefficient (Wildman–Crippen LogP) is 2.86. The van der Waals surface area contributed by atoms with Gasteiger partial charge in [-0.05, 0) is 45.4 Å². The number of aryl methyl sites for hydroxylation is 2. The molecule has 1 N–H and O–H groups in total. The molecule has 0 aliphatic carbocycles. The molecule has 2 heterocycles. The smallest absolute Gasteiger partial charge is 0.0727 e. The van der Waals surface area contributed by atoms with Gasteiger partial charge in [0.2, 0.25) is 0 Å². The number of nitrogens with one attached hydrogen (secondary N) is 1. The fraction of sp³-hybridized carbons (Fsp3) is 0.500. The van der Waals surface area contributed by atoms with Gasteiger partial charge in [0.1, 0.15) is 0 Å². The van der Waals surface area contributed by atoms with Crippen molar-refractivity contribution in [3.8, 4) is 5.69 Å². The normalized spacial score (nSPS) is 11.1. The molecular formula is C16H24N4. The van der Waals surface area contributed by atoms with Crippen molar-refractivity contribution in [1.29, 1.82) is 0 Å². The van der Waals surface area contributed by atoms with E-state index in [0.717, 1.165) is 36.6 Å². The van der Waals surface area contributed by atoms with E-state index in [1.807, 2.05) is 13.1 Å². The van der Waals surface area contributed by atoms with Gasteiger partial charge in [-0.1, -0.05) is 13.8 Å². The number of aromatic nitrogens is 3. The number of hydrogen-bond donors (Lipinski definition) is 1. The van der Waals surface area contributed by atoms with Crippen LogP contribution < -0.4 is 5.32 Å². The fourth-order valence-corrected chi connectivity index (χ4v) is 2.59. The maximum Gasteiger partial charge on any atom is 0.0727 e. The zero-order valence-corrected chi connectivity index (χ0v) is 13.1. The molecule has 0 amide bonds. The van der Waals surface area contributed by atoms with E-state index in [1.165, 1.54) is 16.8 Å². The largest absolute Gasteiger partial charge is 0.313 e. The monoisotopic (exact) mass is 272 g/mol. The van der Waals surface area contributed by atoms with Crippen LogP contribution in [-0.4, -0.2) is 21.3 Å². The topological polar surface area (TPSA) is 42.7 Å². The maximum absolute atomic E-state index is 4.72. The second-order valence-corrected chi connectivity index (χ2v) is 5.15. The molecule has 0 aromatic carbocycles. The molecule has 108 valence electrons. The molecule has 0 unspecified atom stereocenters. The van der Waals surface area contributed by atoms with E-state index >= 15 is 0 Å². The van der Waals surface area contributed by atoms with Crippen LogP contribution in [0.25, 0.3) is 5.69 Å². The van der Waals surface area contributed by atoms with Crippen LogP contribution in [0, 0.1) is 20.8 Å². The third-order valence-corrected chi connectivity index (χ3v) is 3.69. The number of nitrogens with zero attached hydrogens (tertiary/aromatic N) is 3. The molecule has 4 heteroatoms. The van der Waals surface area contributed by atoms with Gasteiger partial charge in [0.25, 0.3) is 0 Å². The summed E-state index contributed by atoms with van der Waals surface area (Å²) in [4.78, 5) is 4.42. The van der Waals surface area contributed by atoms with E-state index in [4.69, 9.17) is 5.10 Å². The van der Waals surface area contributed by atoms with Crippen molar-refractivity contribution in [2.24, 2.45) is 0 Å². The minimum Gasteiger partial charge on any atom is -0.313 e. The highest BCUT2D eigenvalue weighted by atomic mass is 15.3. The van der Waals surface area contributed by atoms with Gasteiger partial charge in [0.05, 0.1) is 11.4 Å². The van der Waals surface area contributed by atoms with Crippen molar-refractivity contribution in [1.82, 2.24) is 20.1 Å². The lowest BCUT2D eigenvalue weighted by Crippen LogP contribution is -2.15. The number of pyridine rings is 1. The van der Waals surface area contributed by atoms with Gasteiger partial charge in [-0.3, -0.25) is 4.98 Å². The minimum absolute atomic E-state index is 0.818. The SMILES string of the molecule is CCNCc1cnc(C)cc1-n1nc(C)c(CC)c1C. The maximum atomic E-state index is 4.72. The molecule has 0 fully saturated rings. The Morgan fingerprint density at radius 2 is 1.95 bits per heavy atom. The summed E-state index contributed by atoms with van der Waals surface area (Å²) in [6.45, 7) is 12.3. The molecule has 2 aromatic rings. The summed E-state index contributed by atoms with van der Waals surface area (Å²) in [5.41, 5.74) is 7.03. The van der Waals surface area contributed by atoms with Gasteiger partial charge in [0.15, 0.2) is 0 Å². The first-order valence-electron chi connectivity index (χ1n) is 7.30. The average molecular weight is 272 g/mol. The first-order chi connectivity index (χ1) is 9.58. The van der Waals surface area contributed by atoms with Crippen molar-refractivity contribution in [2.45, 2.75) is 47.6 Å². The van der Waals surface area contributed by atoms with Crippen molar-refractivity contribution in [3.05, 3.63) is 40.5 Å². The van der Waals surface area contributed by atoms with Crippen LogP contribution in [0.15, 0.2) is 12.3 Å². The van der Waals surface area contributed by atoms with E-state index in [2.05, 4.69) is 48.7 Å². The summed E-state index contributed by atoms with van der Waals surface area (Å²) < 4.78 is 2.06. The Morgan fingerprint density at radius 3 is 2.55 bits per heavy atom. The Balaban J connectivity index is 2.53. The van der Waals surface area contributed by atoms with Gasteiger partial charge in [-0.2, -0.15) is 5.10 Å². The van der Waals surface area contributed by atoms with Crippen LogP contribution in [0.4, 0.5) is 0 Å². The third kappa shape index (κ3) is 2.75. The summed E-state index contributed by atoms with van der Waals surface area (Å²) >= 11 is 0. The first-order valence-corrected chi connectivity index (χ1v) is 7.30. The van der Waals surface area contributed by atoms with Crippen LogP contribution in [0.5, 0.6) is 0 Å². The van der Waals surface area contributed by atoms with Crippen LogP contribution in [0.2, 0.25) is 0 Å². The molecule has 0 atom stereocenters. The van der Waals surface area contributed by atoms with E-state index in [1.54, 1.807) is 0 Å². The molecule has 0 aliphatic heterocycles. The Labute approximate surface area is 121 Å². The standard InChI is InChI=1S/C16H24N4/c1-6-15-12(4)19-20(13(15)5)16-8-11(3)18-10-14(16)9-17-7-2/h8,10,17H,6-7,9H2,1-5H3. The molecule has 20 heavy (non-hydrogen) atoms. The quantitative estimate of drug-likeness (QED) is 0.910. The molecule has 2 aromatic heterocycles. The molecule has 4 nitrogen and oxygen atoms in total. The Hall–Kier alpha value is -1.68. The van der Waals surface area contributed by atoms with Crippen molar-refractivity contribution in [3.63, 3.8) is 0 Å². The highest BCUT2D eigenvalue weighted by Crippen LogP contribution is 2.21. The van der Waals surface area contributed by atoms with Crippen molar-refractivity contribution in [2.75, 3.05) is 6.54 Å².